The molecular weight excluding hydrogens is 364 g/mol. The first-order valence-corrected chi connectivity index (χ1v) is 9.39. The number of nitro benzene ring substituents is 1. The Morgan fingerprint density at radius 1 is 1.21 bits per heavy atom. The topological polar surface area (TPSA) is 105 Å². The van der Waals surface area contributed by atoms with Gasteiger partial charge in [-0.25, -0.2) is 4.79 Å². The molecule has 3 aliphatic rings. The molecule has 1 N–H and O–H groups in total. The summed E-state index contributed by atoms with van der Waals surface area (Å²) < 4.78 is 5.34. The fourth-order valence-corrected chi connectivity index (χ4v) is 3.78. The molecule has 148 valence electrons. The van der Waals surface area contributed by atoms with Gasteiger partial charge in [-0.05, 0) is 37.5 Å². The van der Waals surface area contributed by atoms with Crippen LogP contribution in [0.5, 0.6) is 0 Å². The maximum atomic E-state index is 13.3. The van der Waals surface area contributed by atoms with E-state index in [1.54, 1.807) is 21.9 Å². The van der Waals surface area contributed by atoms with E-state index in [9.17, 15) is 19.7 Å². The van der Waals surface area contributed by atoms with Crippen LogP contribution in [-0.4, -0.2) is 59.0 Å². The average Bonchev–Trinajstić information content (AvgIpc) is 3.53. The molecule has 0 aromatic heterocycles. The number of nitro groups is 1. The third-order valence-corrected chi connectivity index (χ3v) is 5.40. The van der Waals surface area contributed by atoms with Gasteiger partial charge in [-0.2, -0.15) is 0 Å². The second-order valence-corrected chi connectivity index (χ2v) is 7.24. The van der Waals surface area contributed by atoms with Gasteiger partial charge in [0.15, 0.2) is 0 Å². The van der Waals surface area contributed by atoms with Gasteiger partial charge in [-0.1, -0.05) is 0 Å². The summed E-state index contributed by atoms with van der Waals surface area (Å²) in [7, 11) is 0. The quantitative estimate of drug-likeness (QED) is 0.629. The molecule has 2 aliphatic heterocycles. The molecule has 9 nitrogen and oxygen atoms in total. The number of benzene rings is 1. The number of nitrogens with one attached hydrogen (secondary N) is 1. The molecule has 0 radical (unpaired) electrons. The monoisotopic (exact) mass is 386 g/mol. The molecule has 0 unspecified atom stereocenters. The lowest BCUT2D eigenvalue weighted by Crippen LogP contribution is -2.51. The number of carbonyl (C=O) groups excluding carboxylic acids is 2. The number of amides is 3. The SMILES string of the molecule is CC1=C(C(=O)N2CCOCC2)[C@H](c2ccc([N+](=O)[O-])cc2)NC(=O)N1C1CC1. The van der Waals surface area contributed by atoms with Gasteiger partial charge in [0.1, 0.15) is 0 Å². The predicted octanol–water partition coefficient (Wildman–Crippen LogP) is 1.96. The van der Waals surface area contributed by atoms with E-state index in [4.69, 9.17) is 4.74 Å². The summed E-state index contributed by atoms with van der Waals surface area (Å²) in [5, 5.41) is 13.9. The van der Waals surface area contributed by atoms with Gasteiger partial charge in [0.25, 0.3) is 11.6 Å². The van der Waals surface area contributed by atoms with Crippen LogP contribution >= 0.6 is 0 Å². The van der Waals surface area contributed by atoms with E-state index in [-0.39, 0.29) is 23.7 Å². The van der Waals surface area contributed by atoms with Gasteiger partial charge in [0.2, 0.25) is 0 Å². The maximum Gasteiger partial charge on any atom is 0.322 e. The Kier molecular flexibility index (Phi) is 4.76. The number of rotatable bonds is 4. The summed E-state index contributed by atoms with van der Waals surface area (Å²) in [5.41, 5.74) is 1.78. The molecule has 28 heavy (non-hydrogen) atoms. The number of hydrogen-bond donors (Lipinski definition) is 1. The maximum absolute atomic E-state index is 13.3. The van der Waals surface area contributed by atoms with Crippen LogP contribution in [0.15, 0.2) is 35.5 Å². The van der Waals surface area contributed by atoms with E-state index in [1.807, 2.05) is 6.92 Å². The lowest BCUT2D eigenvalue weighted by atomic mass is 9.93. The number of carbonyl (C=O) groups is 2. The molecular formula is C19H22N4O5. The minimum atomic E-state index is -0.640. The van der Waals surface area contributed by atoms with Crippen LogP contribution in [0.2, 0.25) is 0 Å². The minimum absolute atomic E-state index is 0.0350. The smallest absolute Gasteiger partial charge is 0.322 e. The molecule has 9 heteroatoms. The van der Waals surface area contributed by atoms with Crippen LogP contribution < -0.4 is 5.32 Å². The highest BCUT2D eigenvalue weighted by molar-refractivity contribution is 5.98. The lowest BCUT2D eigenvalue weighted by molar-refractivity contribution is -0.384. The molecule has 1 aromatic carbocycles. The first-order valence-electron chi connectivity index (χ1n) is 9.39. The van der Waals surface area contributed by atoms with Crippen molar-refractivity contribution in [2.24, 2.45) is 0 Å². The van der Waals surface area contributed by atoms with Gasteiger partial charge >= 0.3 is 6.03 Å². The van der Waals surface area contributed by atoms with Crippen molar-refractivity contribution in [3.05, 3.63) is 51.2 Å². The van der Waals surface area contributed by atoms with Crippen molar-refractivity contribution in [2.45, 2.75) is 31.8 Å². The number of allylic oxidation sites excluding steroid dienone is 1. The van der Waals surface area contributed by atoms with Crippen molar-refractivity contribution < 1.29 is 19.2 Å². The molecule has 1 aromatic rings. The molecule has 4 rings (SSSR count). The third kappa shape index (κ3) is 3.33. The Morgan fingerprint density at radius 3 is 2.43 bits per heavy atom. The van der Waals surface area contributed by atoms with Crippen LogP contribution in [0, 0.1) is 10.1 Å². The van der Waals surface area contributed by atoms with E-state index in [1.165, 1.54) is 12.1 Å². The van der Waals surface area contributed by atoms with Crippen molar-refractivity contribution in [3.63, 3.8) is 0 Å². The Balaban J connectivity index is 1.73. The van der Waals surface area contributed by atoms with Crippen LogP contribution in [0.25, 0.3) is 0 Å². The normalized spacial score (nSPS) is 22.9. The second kappa shape index (κ2) is 7.23. The molecule has 1 saturated carbocycles. The number of ether oxygens (including phenoxy) is 1. The Labute approximate surface area is 162 Å². The third-order valence-electron chi connectivity index (χ3n) is 5.40. The highest BCUT2D eigenvalue weighted by atomic mass is 16.6. The summed E-state index contributed by atoms with van der Waals surface area (Å²) in [4.78, 5) is 39.9. The Morgan fingerprint density at radius 2 is 1.86 bits per heavy atom. The molecule has 1 aliphatic carbocycles. The molecule has 2 heterocycles. The van der Waals surface area contributed by atoms with Crippen LogP contribution in [0.4, 0.5) is 10.5 Å². The predicted molar refractivity (Wildman–Crippen MR) is 99.3 cm³/mol. The summed E-state index contributed by atoms with van der Waals surface area (Å²) in [6, 6.07) is 5.22. The Bertz CT molecular complexity index is 840. The van der Waals surface area contributed by atoms with Gasteiger partial charge in [0, 0.05) is 37.0 Å². The van der Waals surface area contributed by atoms with Crippen LogP contribution in [-0.2, 0) is 9.53 Å². The number of urea groups is 1. The lowest BCUT2D eigenvalue weighted by Gasteiger charge is -2.38. The summed E-state index contributed by atoms with van der Waals surface area (Å²) in [5.74, 6) is -0.130. The first-order chi connectivity index (χ1) is 13.5. The van der Waals surface area contributed by atoms with Gasteiger partial charge in [-0.15, -0.1) is 0 Å². The molecule has 1 saturated heterocycles. The van der Waals surface area contributed by atoms with E-state index < -0.39 is 11.0 Å². The second-order valence-electron chi connectivity index (χ2n) is 7.24. The fraction of sp³-hybridized carbons (Fsp3) is 0.474. The van der Waals surface area contributed by atoms with Gasteiger partial charge in [-0.3, -0.25) is 19.8 Å². The van der Waals surface area contributed by atoms with Crippen LogP contribution in [0.1, 0.15) is 31.4 Å². The zero-order valence-corrected chi connectivity index (χ0v) is 15.6. The number of non-ortho nitro benzene ring substituents is 1. The number of morpholine rings is 1. The van der Waals surface area contributed by atoms with Crippen molar-refractivity contribution in [1.29, 1.82) is 0 Å². The summed E-state index contributed by atoms with van der Waals surface area (Å²) in [6.45, 7) is 3.78. The largest absolute Gasteiger partial charge is 0.378 e. The zero-order chi connectivity index (χ0) is 19.8. The van der Waals surface area contributed by atoms with Crippen molar-refractivity contribution in [2.75, 3.05) is 26.3 Å². The van der Waals surface area contributed by atoms with Crippen molar-refractivity contribution in [1.82, 2.24) is 15.1 Å². The van der Waals surface area contributed by atoms with E-state index in [0.29, 0.717) is 43.1 Å². The average molecular weight is 386 g/mol. The standard InChI is InChI=1S/C19H22N4O5/c1-12-16(18(24)21-8-10-28-11-9-21)17(20-19(25)22(12)14-6-7-14)13-2-4-15(5-3-13)23(26)27/h2-5,14,17H,6-11H2,1H3,(H,20,25)/t17-/m0/s1. The summed E-state index contributed by atoms with van der Waals surface area (Å²) in [6.07, 6.45) is 1.85. The molecule has 1 atom stereocenters. The van der Waals surface area contributed by atoms with Gasteiger partial charge < -0.3 is 15.0 Å². The highest BCUT2D eigenvalue weighted by Crippen LogP contribution is 2.38. The highest BCUT2D eigenvalue weighted by Gasteiger charge is 2.43. The molecule has 0 bridgehead atoms. The fourth-order valence-electron chi connectivity index (χ4n) is 3.78. The first kappa shape index (κ1) is 18.4. The van der Waals surface area contributed by atoms with E-state index in [0.717, 1.165) is 12.8 Å². The van der Waals surface area contributed by atoms with E-state index in [2.05, 4.69) is 5.32 Å². The van der Waals surface area contributed by atoms with Crippen molar-refractivity contribution >= 4 is 17.6 Å². The zero-order valence-electron chi connectivity index (χ0n) is 15.6. The van der Waals surface area contributed by atoms with Gasteiger partial charge in [0.05, 0.1) is 29.8 Å². The molecule has 0 spiro atoms. The van der Waals surface area contributed by atoms with Crippen molar-refractivity contribution in [3.8, 4) is 0 Å². The molecule has 3 amide bonds. The Hall–Kier alpha value is -2.94. The summed E-state index contributed by atoms with van der Waals surface area (Å²) >= 11 is 0. The number of nitrogens with zero attached hydrogens (tertiary/aromatic N) is 3. The number of hydrogen-bond acceptors (Lipinski definition) is 5. The van der Waals surface area contributed by atoms with Crippen LogP contribution in [0.3, 0.4) is 0 Å². The van der Waals surface area contributed by atoms with E-state index >= 15 is 0 Å². The molecule has 2 fully saturated rings. The minimum Gasteiger partial charge on any atom is -0.378 e.